The van der Waals surface area contributed by atoms with Crippen LogP contribution in [0.3, 0.4) is 0 Å². The van der Waals surface area contributed by atoms with E-state index in [0.717, 1.165) is 46.6 Å². The summed E-state index contributed by atoms with van der Waals surface area (Å²) in [6, 6.07) is 6.13. The lowest BCUT2D eigenvalue weighted by molar-refractivity contribution is 0.341. The van der Waals surface area contributed by atoms with E-state index in [-0.39, 0.29) is 0 Å². The van der Waals surface area contributed by atoms with Gasteiger partial charge in [-0.3, -0.25) is 0 Å². The minimum absolute atomic E-state index is 0.664. The summed E-state index contributed by atoms with van der Waals surface area (Å²) in [5, 5.41) is 1.10. The number of ether oxygens (including phenoxy) is 1. The maximum Gasteiger partial charge on any atom is 0.156 e. The molecule has 1 aliphatic rings. The number of aromatic amines is 1. The van der Waals surface area contributed by atoms with Gasteiger partial charge in [-0.2, -0.15) is 0 Å². The van der Waals surface area contributed by atoms with Gasteiger partial charge in [-0.05, 0) is 43.4 Å². The van der Waals surface area contributed by atoms with Crippen molar-refractivity contribution in [1.82, 2.24) is 15.0 Å². The molecule has 0 spiro atoms. The molecular formula is C19H24N4O. The van der Waals surface area contributed by atoms with Gasteiger partial charge in [0.1, 0.15) is 23.1 Å². The van der Waals surface area contributed by atoms with E-state index in [2.05, 4.69) is 45.8 Å². The van der Waals surface area contributed by atoms with Crippen LogP contribution in [0.2, 0.25) is 0 Å². The molecule has 1 aromatic carbocycles. The number of rotatable bonds is 3. The Hall–Kier alpha value is -2.30. The minimum atomic E-state index is 0.664. The fraction of sp³-hybridized carbons (Fsp3) is 0.474. The SMILES string of the molecule is CCOc1ccc2[nH]c3c(N4C[C@@H](C)C[C@H](C)C4)ncnc3c2c1. The number of anilines is 1. The quantitative estimate of drug-likeness (QED) is 0.791. The number of hydrogen-bond acceptors (Lipinski definition) is 4. The Morgan fingerprint density at radius 3 is 2.75 bits per heavy atom. The van der Waals surface area contributed by atoms with Gasteiger partial charge in [0, 0.05) is 24.0 Å². The van der Waals surface area contributed by atoms with Gasteiger partial charge >= 0.3 is 0 Å². The maximum atomic E-state index is 5.64. The summed E-state index contributed by atoms with van der Waals surface area (Å²) < 4.78 is 5.64. The lowest BCUT2D eigenvalue weighted by atomic mass is 9.92. The highest BCUT2D eigenvalue weighted by molar-refractivity contribution is 6.08. The van der Waals surface area contributed by atoms with E-state index in [1.807, 2.05) is 13.0 Å². The normalized spacial score (nSPS) is 21.5. The van der Waals surface area contributed by atoms with Gasteiger partial charge in [0.2, 0.25) is 0 Å². The third kappa shape index (κ3) is 2.58. The third-order valence-corrected chi connectivity index (χ3v) is 4.81. The molecule has 0 radical (unpaired) electrons. The highest BCUT2D eigenvalue weighted by Crippen LogP contribution is 2.33. The predicted molar refractivity (Wildman–Crippen MR) is 97.7 cm³/mol. The van der Waals surface area contributed by atoms with E-state index in [0.29, 0.717) is 18.4 Å². The number of nitrogens with one attached hydrogen (secondary N) is 1. The average Bonchev–Trinajstić information content (AvgIpc) is 2.92. The lowest BCUT2D eigenvalue weighted by Gasteiger charge is -2.35. The molecule has 2 aromatic heterocycles. The first-order valence-electron chi connectivity index (χ1n) is 8.80. The molecule has 3 aromatic rings. The van der Waals surface area contributed by atoms with Gasteiger partial charge in [-0.15, -0.1) is 0 Å². The summed E-state index contributed by atoms with van der Waals surface area (Å²) in [6.45, 7) is 9.41. The van der Waals surface area contributed by atoms with Crippen molar-refractivity contribution in [2.24, 2.45) is 11.8 Å². The number of hydrogen-bond donors (Lipinski definition) is 1. The molecule has 5 heteroatoms. The van der Waals surface area contributed by atoms with Crippen molar-refractivity contribution in [2.75, 3.05) is 24.6 Å². The van der Waals surface area contributed by atoms with Crippen LogP contribution in [0.15, 0.2) is 24.5 Å². The standard InChI is InChI=1S/C19H24N4O/c1-4-24-14-5-6-16-15(8-14)17-18(22-16)19(21-11-20-17)23-9-12(2)7-13(3)10-23/h5-6,8,11-13,22H,4,7,9-10H2,1-3H3/t12-,13-/m0/s1. The molecule has 4 rings (SSSR count). The second-order valence-corrected chi connectivity index (χ2v) is 7.04. The Balaban J connectivity index is 1.83. The number of fused-ring (bicyclic) bond motifs is 3. The van der Waals surface area contributed by atoms with E-state index in [1.54, 1.807) is 6.33 Å². The summed E-state index contributed by atoms with van der Waals surface area (Å²) in [5.74, 6) is 3.28. The fourth-order valence-electron chi connectivity index (χ4n) is 3.99. The number of piperidine rings is 1. The van der Waals surface area contributed by atoms with Crippen LogP contribution in [0.4, 0.5) is 5.82 Å². The van der Waals surface area contributed by atoms with Gasteiger partial charge in [-0.25, -0.2) is 9.97 Å². The zero-order chi connectivity index (χ0) is 16.7. The first-order valence-corrected chi connectivity index (χ1v) is 8.80. The van der Waals surface area contributed by atoms with Gasteiger partial charge in [0.05, 0.1) is 6.61 Å². The first kappa shape index (κ1) is 15.2. The van der Waals surface area contributed by atoms with E-state index >= 15 is 0 Å². The molecule has 5 nitrogen and oxygen atoms in total. The van der Waals surface area contributed by atoms with Crippen LogP contribution < -0.4 is 9.64 Å². The van der Waals surface area contributed by atoms with Gasteiger partial charge < -0.3 is 14.6 Å². The fourth-order valence-corrected chi connectivity index (χ4v) is 3.99. The molecule has 2 atom stereocenters. The number of nitrogens with zero attached hydrogens (tertiary/aromatic N) is 3. The first-order chi connectivity index (χ1) is 11.7. The Morgan fingerprint density at radius 2 is 2.00 bits per heavy atom. The molecular weight excluding hydrogens is 300 g/mol. The van der Waals surface area contributed by atoms with Crippen molar-refractivity contribution >= 4 is 27.8 Å². The van der Waals surface area contributed by atoms with Crippen molar-refractivity contribution < 1.29 is 4.74 Å². The van der Waals surface area contributed by atoms with Gasteiger partial charge in [0.15, 0.2) is 5.82 Å². The van der Waals surface area contributed by atoms with Gasteiger partial charge in [0.25, 0.3) is 0 Å². The molecule has 1 saturated heterocycles. The molecule has 1 N–H and O–H groups in total. The minimum Gasteiger partial charge on any atom is -0.494 e. The van der Waals surface area contributed by atoms with E-state index in [1.165, 1.54) is 6.42 Å². The Bertz CT molecular complexity index is 862. The zero-order valence-corrected chi connectivity index (χ0v) is 14.5. The Kier molecular flexibility index (Phi) is 3.79. The van der Waals surface area contributed by atoms with Crippen LogP contribution in [-0.2, 0) is 0 Å². The van der Waals surface area contributed by atoms with E-state index in [4.69, 9.17) is 4.74 Å². The Labute approximate surface area is 142 Å². The number of aromatic nitrogens is 3. The van der Waals surface area contributed by atoms with Crippen molar-refractivity contribution in [3.05, 3.63) is 24.5 Å². The lowest BCUT2D eigenvalue weighted by Crippen LogP contribution is -2.39. The van der Waals surface area contributed by atoms with Crippen LogP contribution in [0, 0.1) is 11.8 Å². The van der Waals surface area contributed by atoms with Crippen LogP contribution >= 0.6 is 0 Å². The van der Waals surface area contributed by atoms with Crippen LogP contribution in [0.5, 0.6) is 5.75 Å². The van der Waals surface area contributed by atoms with E-state index in [9.17, 15) is 0 Å². The molecule has 24 heavy (non-hydrogen) atoms. The highest BCUT2D eigenvalue weighted by Gasteiger charge is 2.25. The number of benzene rings is 1. The summed E-state index contributed by atoms with van der Waals surface area (Å²) in [6.07, 6.45) is 2.97. The summed E-state index contributed by atoms with van der Waals surface area (Å²) in [4.78, 5) is 15.1. The van der Waals surface area contributed by atoms with Crippen molar-refractivity contribution in [3.8, 4) is 5.75 Å². The summed E-state index contributed by atoms with van der Waals surface area (Å²) >= 11 is 0. The molecule has 0 aliphatic carbocycles. The number of H-pyrrole nitrogens is 1. The van der Waals surface area contributed by atoms with Crippen molar-refractivity contribution in [1.29, 1.82) is 0 Å². The predicted octanol–water partition coefficient (Wildman–Crippen LogP) is 3.99. The average molecular weight is 324 g/mol. The van der Waals surface area contributed by atoms with E-state index < -0.39 is 0 Å². The molecule has 126 valence electrons. The smallest absolute Gasteiger partial charge is 0.156 e. The molecule has 1 fully saturated rings. The van der Waals surface area contributed by atoms with Crippen LogP contribution in [-0.4, -0.2) is 34.6 Å². The van der Waals surface area contributed by atoms with Crippen molar-refractivity contribution in [2.45, 2.75) is 27.2 Å². The molecule has 3 heterocycles. The monoisotopic (exact) mass is 324 g/mol. The Morgan fingerprint density at radius 1 is 1.21 bits per heavy atom. The largest absolute Gasteiger partial charge is 0.494 e. The highest BCUT2D eigenvalue weighted by atomic mass is 16.5. The molecule has 0 unspecified atom stereocenters. The van der Waals surface area contributed by atoms with Crippen molar-refractivity contribution in [3.63, 3.8) is 0 Å². The second kappa shape index (κ2) is 5.96. The summed E-state index contributed by atoms with van der Waals surface area (Å²) in [7, 11) is 0. The topological polar surface area (TPSA) is 54.0 Å². The molecule has 0 bridgehead atoms. The van der Waals surface area contributed by atoms with Crippen LogP contribution in [0.1, 0.15) is 27.2 Å². The van der Waals surface area contributed by atoms with Gasteiger partial charge in [-0.1, -0.05) is 13.8 Å². The molecule has 0 amide bonds. The maximum absolute atomic E-state index is 5.64. The summed E-state index contributed by atoms with van der Waals surface area (Å²) in [5.41, 5.74) is 3.08. The third-order valence-electron chi connectivity index (χ3n) is 4.81. The molecule has 1 aliphatic heterocycles. The zero-order valence-electron chi connectivity index (χ0n) is 14.5. The second-order valence-electron chi connectivity index (χ2n) is 7.04. The van der Waals surface area contributed by atoms with Crippen LogP contribution in [0.25, 0.3) is 21.9 Å². The molecule has 0 saturated carbocycles.